The number of imidazole rings is 1. The number of aromatic nitrogens is 2. The molecule has 192 valence electrons. The number of carbonyl (C=O) groups is 1. The van der Waals surface area contributed by atoms with Gasteiger partial charge in [0, 0.05) is 13.0 Å². The van der Waals surface area contributed by atoms with Crippen molar-refractivity contribution in [1.29, 1.82) is 0 Å². The van der Waals surface area contributed by atoms with Crippen LogP contribution < -0.4 is 14.8 Å². The summed E-state index contributed by atoms with van der Waals surface area (Å²) >= 11 is 0. The summed E-state index contributed by atoms with van der Waals surface area (Å²) in [6, 6.07) is 33.4. The van der Waals surface area contributed by atoms with Gasteiger partial charge in [0.05, 0.1) is 25.3 Å². The number of carbonyl (C=O) groups excluding carboxylic acids is 1. The van der Waals surface area contributed by atoms with E-state index >= 15 is 0 Å². The Bertz CT molecular complexity index is 1510. The van der Waals surface area contributed by atoms with E-state index in [4.69, 9.17) is 14.5 Å². The van der Waals surface area contributed by atoms with Crippen molar-refractivity contribution in [3.8, 4) is 11.5 Å². The molecule has 6 nitrogen and oxygen atoms in total. The van der Waals surface area contributed by atoms with E-state index in [1.165, 1.54) is 0 Å². The second kappa shape index (κ2) is 11.6. The third-order valence-electron chi connectivity index (χ3n) is 6.66. The fourth-order valence-corrected chi connectivity index (χ4v) is 4.80. The highest BCUT2D eigenvalue weighted by Crippen LogP contribution is 2.29. The fourth-order valence-electron chi connectivity index (χ4n) is 4.80. The van der Waals surface area contributed by atoms with Crippen molar-refractivity contribution >= 4 is 16.9 Å². The Morgan fingerprint density at radius 3 is 2.24 bits per heavy atom. The average Bonchev–Trinajstić information content (AvgIpc) is 3.31. The van der Waals surface area contributed by atoms with Gasteiger partial charge in [0.1, 0.15) is 11.9 Å². The molecule has 4 aromatic carbocycles. The van der Waals surface area contributed by atoms with Crippen molar-refractivity contribution in [2.45, 2.75) is 18.9 Å². The predicted molar refractivity (Wildman–Crippen MR) is 150 cm³/mol. The third kappa shape index (κ3) is 5.39. The molecule has 0 radical (unpaired) electrons. The smallest absolute Gasteiger partial charge is 0.247 e. The first-order valence-corrected chi connectivity index (χ1v) is 12.7. The third-order valence-corrected chi connectivity index (χ3v) is 6.66. The lowest BCUT2D eigenvalue weighted by molar-refractivity contribution is -0.123. The lowest BCUT2D eigenvalue weighted by Gasteiger charge is -2.22. The molecule has 0 fully saturated rings. The van der Waals surface area contributed by atoms with Crippen LogP contribution in [0.2, 0.25) is 0 Å². The normalized spacial score (nSPS) is 11.7. The maximum absolute atomic E-state index is 13.9. The molecule has 0 unspecified atom stereocenters. The van der Waals surface area contributed by atoms with Crippen LogP contribution >= 0.6 is 0 Å². The van der Waals surface area contributed by atoms with Crippen LogP contribution in [0.15, 0.2) is 103 Å². The van der Waals surface area contributed by atoms with Gasteiger partial charge >= 0.3 is 0 Å². The lowest BCUT2D eigenvalue weighted by Crippen LogP contribution is -2.35. The summed E-state index contributed by atoms with van der Waals surface area (Å²) in [4.78, 5) is 18.9. The van der Waals surface area contributed by atoms with E-state index in [1.54, 1.807) is 14.2 Å². The largest absolute Gasteiger partial charge is 0.493 e. The zero-order valence-corrected chi connectivity index (χ0v) is 21.6. The first-order valence-electron chi connectivity index (χ1n) is 12.7. The second-order valence-electron chi connectivity index (χ2n) is 9.09. The van der Waals surface area contributed by atoms with Crippen molar-refractivity contribution in [1.82, 2.24) is 14.9 Å². The molecule has 1 atom stereocenters. The van der Waals surface area contributed by atoms with Gasteiger partial charge in [-0.15, -0.1) is 0 Å². The summed E-state index contributed by atoms with van der Waals surface area (Å²) in [5.41, 5.74) is 4.91. The van der Waals surface area contributed by atoms with Gasteiger partial charge in [-0.05, 0) is 47.4 Å². The molecule has 38 heavy (non-hydrogen) atoms. The summed E-state index contributed by atoms with van der Waals surface area (Å²) < 4.78 is 12.9. The molecule has 0 bridgehead atoms. The van der Waals surface area contributed by atoms with E-state index in [-0.39, 0.29) is 5.91 Å². The van der Waals surface area contributed by atoms with E-state index in [0.717, 1.165) is 33.5 Å². The van der Waals surface area contributed by atoms with Crippen LogP contribution in [0.1, 0.15) is 28.6 Å². The second-order valence-corrected chi connectivity index (χ2v) is 9.09. The number of ether oxygens (including phenoxy) is 2. The Balaban J connectivity index is 1.46. The van der Waals surface area contributed by atoms with Crippen LogP contribution in [0.25, 0.3) is 11.0 Å². The molecule has 1 aromatic heterocycles. The molecular formula is C32H31N3O3. The Labute approximate surface area is 222 Å². The first-order chi connectivity index (χ1) is 18.7. The molecule has 5 rings (SSSR count). The van der Waals surface area contributed by atoms with E-state index in [2.05, 4.69) is 22.0 Å². The number of rotatable bonds is 10. The molecule has 0 aliphatic rings. The predicted octanol–water partition coefficient (Wildman–Crippen LogP) is 5.59. The highest BCUT2D eigenvalue weighted by Gasteiger charge is 2.27. The molecule has 6 heteroatoms. The van der Waals surface area contributed by atoms with Crippen LogP contribution in [0.3, 0.4) is 0 Å². The summed E-state index contributed by atoms with van der Waals surface area (Å²) in [7, 11) is 3.24. The van der Waals surface area contributed by atoms with Crippen LogP contribution in [0.5, 0.6) is 11.5 Å². The number of fused-ring (bicyclic) bond motifs is 1. The van der Waals surface area contributed by atoms with Gasteiger partial charge in [-0.1, -0.05) is 78.9 Å². The fraction of sp³-hybridized carbons (Fsp3) is 0.188. The average molecular weight is 506 g/mol. The van der Waals surface area contributed by atoms with Crippen LogP contribution in [0.4, 0.5) is 0 Å². The molecule has 0 saturated heterocycles. The van der Waals surface area contributed by atoms with Crippen molar-refractivity contribution in [3.63, 3.8) is 0 Å². The molecular weight excluding hydrogens is 474 g/mol. The number of nitrogens with zero attached hydrogens (tertiary/aromatic N) is 2. The maximum Gasteiger partial charge on any atom is 0.247 e. The van der Waals surface area contributed by atoms with E-state index in [1.807, 2.05) is 91.0 Å². The Kier molecular flexibility index (Phi) is 7.69. The number of nitrogens with one attached hydrogen (secondary N) is 1. The van der Waals surface area contributed by atoms with Gasteiger partial charge in [0.2, 0.25) is 5.91 Å². The van der Waals surface area contributed by atoms with Gasteiger partial charge in [-0.3, -0.25) is 4.79 Å². The van der Waals surface area contributed by atoms with Crippen LogP contribution in [0, 0.1) is 0 Å². The summed E-state index contributed by atoms with van der Waals surface area (Å²) in [5, 5.41) is 3.18. The minimum Gasteiger partial charge on any atom is -0.493 e. The number of amides is 1. The van der Waals surface area contributed by atoms with Crippen LogP contribution in [-0.2, 0) is 17.6 Å². The molecule has 0 saturated carbocycles. The van der Waals surface area contributed by atoms with Crippen molar-refractivity contribution < 1.29 is 14.3 Å². The number of benzene rings is 4. The van der Waals surface area contributed by atoms with Gasteiger partial charge in [0.15, 0.2) is 11.5 Å². The summed E-state index contributed by atoms with van der Waals surface area (Å²) in [6.07, 6.45) is 1.28. The zero-order chi connectivity index (χ0) is 26.3. The summed E-state index contributed by atoms with van der Waals surface area (Å²) in [6.45, 7) is 0.484. The highest BCUT2D eigenvalue weighted by molar-refractivity contribution is 5.87. The van der Waals surface area contributed by atoms with Gasteiger partial charge in [0.25, 0.3) is 0 Å². The van der Waals surface area contributed by atoms with Gasteiger partial charge < -0.3 is 19.4 Å². The molecule has 1 amide bonds. The number of methoxy groups -OCH3 is 2. The highest BCUT2D eigenvalue weighted by atomic mass is 16.5. The first kappa shape index (κ1) is 25.1. The number of hydrogen-bond acceptors (Lipinski definition) is 4. The van der Waals surface area contributed by atoms with E-state index in [9.17, 15) is 4.79 Å². The molecule has 0 aliphatic carbocycles. The minimum atomic E-state index is -0.562. The Morgan fingerprint density at radius 2 is 1.50 bits per heavy atom. The molecule has 5 aromatic rings. The Hall–Kier alpha value is -4.58. The summed E-state index contributed by atoms with van der Waals surface area (Å²) in [5.74, 6) is 2.13. The van der Waals surface area contributed by atoms with Crippen LogP contribution in [-0.4, -0.2) is 36.2 Å². The van der Waals surface area contributed by atoms with E-state index in [0.29, 0.717) is 30.9 Å². The quantitative estimate of drug-likeness (QED) is 0.269. The van der Waals surface area contributed by atoms with Crippen molar-refractivity contribution in [2.24, 2.45) is 0 Å². The molecule has 1 heterocycles. The maximum atomic E-state index is 13.9. The van der Waals surface area contributed by atoms with Gasteiger partial charge in [-0.25, -0.2) is 4.98 Å². The topological polar surface area (TPSA) is 65.4 Å². The van der Waals surface area contributed by atoms with Gasteiger partial charge in [-0.2, -0.15) is 0 Å². The number of hydrogen-bond donors (Lipinski definition) is 1. The zero-order valence-electron chi connectivity index (χ0n) is 21.6. The SMILES string of the molecule is COc1ccc(CCNC(=O)[C@@H](c2ccccc2)n2c(Cc3ccccc3)nc3ccccc32)cc1OC. The number of para-hydroxylation sites is 2. The molecule has 0 aliphatic heterocycles. The molecule has 1 N–H and O–H groups in total. The standard InChI is InChI=1S/C32H31N3O3/c1-37-28-18-17-24(21-29(28)38-2)19-20-33-32(36)31(25-13-7-4-8-14-25)35-27-16-10-9-15-26(27)34-30(35)22-23-11-5-3-6-12-23/h3-18,21,31H,19-20,22H2,1-2H3,(H,33,36)/t31-/m1/s1. The van der Waals surface area contributed by atoms with E-state index < -0.39 is 6.04 Å². The van der Waals surface area contributed by atoms with Crippen molar-refractivity contribution in [3.05, 3.63) is 126 Å². The monoisotopic (exact) mass is 505 g/mol. The van der Waals surface area contributed by atoms with Crippen molar-refractivity contribution in [2.75, 3.05) is 20.8 Å². The Morgan fingerprint density at radius 1 is 0.816 bits per heavy atom. The minimum absolute atomic E-state index is 0.0749. The lowest BCUT2D eigenvalue weighted by atomic mass is 10.0. The molecule has 0 spiro atoms.